The van der Waals surface area contributed by atoms with E-state index in [0.29, 0.717) is 13.1 Å². The van der Waals surface area contributed by atoms with Crippen molar-refractivity contribution >= 4 is 12.0 Å². The summed E-state index contributed by atoms with van der Waals surface area (Å²) in [6, 6.07) is 7.33. The first kappa shape index (κ1) is 15.2. The lowest BCUT2D eigenvalue weighted by atomic mass is 10.1. The van der Waals surface area contributed by atoms with E-state index in [0.717, 1.165) is 25.0 Å². The van der Waals surface area contributed by atoms with Crippen molar-refractivity contribution in [3.05, 3.63) is 29.8 Å². The van der Waals surface area contributed by atoms with Gasteiger partial charge < -0.3 is 15.2 Å². The van der Waals surface area contributed by atoms with Crippen LogP contribution in [0.4, 0.5) is 4.79 Å². The molecule has 1 aromatic carbocycles. The fourth-order valence-corrected chi connectivity index (χ4v) is 2.32. The van der Waals surface area contributed by atoms with Crippen LogP contribution in [0.25, 0.3) is 0 Å². The maximum Gasteiger partial charge on any atom is 0.408 e. The fourth-order valence-electron chi connectivity index (χ4n) is 2.32. The van der Waals surface area contributed by atoms with Gasteiger partial charge in [-0.05, 0) is 37.0 Å². The highest BCUT2D eigenvalue weighted by molar-refractivity contribution is 5.90. The molecule has 21 heavy (non-hydrogen) atoms. The van der Waals surface area contributed by atoms with Crippen molar-refractivity contribution in [1.82, 2.24) is 10.2 Å². The minimum atomic E-state index is -1.03. The summed E-state index contributed by atoms with van der Waals surface area (Å²) in [5, 5.41) is 11.7. The zero-order valence-corrected chi connectivity index (χ0v) is 12.0. The molecule has 0 radical (unpaired) electrons. The van der Waals surface area contributed by atoms with Gasteiger partial charge in [-0.1, -0.05) is 12.1 Å². The molecule has 114 valence electrons. The van der Waals surface area contributed by atoms with Crippen LogP contribution in [0.2, 0.25) is 0 Å². The molecule has 2 amide bonds. The van der Waals surface area contributed by atoms with Crippen molar-refractivity contribution in [2.24, 2.45) is 0 Å². The average Bonchev–Trinajstić information content (AvgIpc) is 2.48. The van der Waals surface area contributed by atoms with Gasteiger partial charge in [0.2, 0.25) is 5.91 Å². The van der Waals surface area contributed by atoms with Crippen molar-refractivity contribution in [2.75, 3.05) is 20.2 Å². The Hall–Kier alpha value is -2.24. The first-order chi connectivity index (χ1) is 10.1. The number of methoxy groups -OCH3 is 1. The van der Waals surface area contributed by atoms with Crippen LogP contribution in [0.3, 0.4) is 0 Å². The molecule has 0 aromatic heterocycles. The molecule has 1 aromatic rings. The van der Waals surface area contributed by atoms with Gasteiger partial charge in [0.1, 0.15) is 11.8 Å². The van der Waals surface area contributed by atoms with Crippen LogP contribution < -0.4 is 10.1 Å². The lowest BCUT2D eigenvalue weighted by molar-refractivity contribution is -0.132. The maximum absolute atomic E-state index is 11.3. The van der Waals surface area contributed by atoms with Crippen molar-refractivity contribution < 1.29 is 19.4 Å². The summed E-state index contributed by atoms with van der Waals surface area (Å²) in [5.41, 5.74) is 1.19. The molecule has 1 aliphatic heterocycles. The van der Waals surface area contributed by atoms with Crippen LogP contribution >= 0.6 is 0 Å². The van der Waals surface area contributed by atoms with E-state index >= 15 is 0 Å². The number of hydrogen-bond acceptors (Lipinski definition) is 3. The van der Waals surface area contributed by atoms with E-state index in [9.17, 15) is 9.59 Å². The van der Waals surface area contributed by atoms with E-state index in [1.54, 1.807) is 7.11 Å². The van der Waals surface area contributed by atoms with Crippen LogP contribution in [0.15, 0.2) is 24.3 Å². The number of carboxylic acid groups (broad SMARTS) is 1. The van der Waals surface area contributed by atoms with Gasteiger partial charge in [0, 0.05) is 13.1 Å². The molecule has 1 heterocycles. The third-order valence-electron chi connectivity index (χ3n) is 3.67. The number of nitrogens with zero attached hydrogens (tertiary/aromatic N) is 1. The number of ether oxygens (including phenoxy) is 1. The summed E-state index contributed by atoms with van der Waals surface area (Å²) in [4.78, 5) is 23.6. The molecule has 0 spiro atoms. The topological polar surface area (TPSA) is 78.9 Å². The molecule has 2 rings (SSSR count). The molecule has 1 fully saturated rings. The summed E-state index contributed by atoms with van der Waals surface area (Å²) in [5.74, 6) is 0.624. The average molecular weight is 292 g/mol. The minimum Gasteiger partial charge on any atom is -0.497 e. The lowest BCUT2D eigenvalue weighted by Crippen LogP contribution is -2.63. The number of carbonyl (C=O) groups excluding carboxylic acids is 1. The second kappa shape index (κ2) is 6.97. The number of β-lactam (4-membered cyclic amide) rings is 1. The molecule has 0 bridgehead atoms. The molecular weight excluding hydrogens is 272 g/mol. The predicted octanol–water partition coefficient (Wildman–Crippen LogP) is 1.50. The predicted molar refractivity (Wildman–Crippen MR) is 77.5 cm³/mol. The summed E-state index contributed by atoms with van der Waals surface area (Å²) >= 11 is 0. The van der Waals surface area contributed by atoms with Crippen LogP contribution in [0.5, 0.6) is 5.75 Å². The van der Waals surface area contributed by atoms with E-state index in [1.165, 1.54) is 10.5 Å². The summed E-state index contributed by atoms with van der Waals surface area (Å²) < 4.78 is 5.10. The molecule has 2 N–H and O–H groups in total. The SMILES string of the molecule is COc1ccc(CCCCN(C(=O)O)[C@H]2CNC2=O)cc1. The first-order valence-electron chi connectivity index (χ1n) is 7.02. The fraction of sp³-hybridized carbons (Fsp3) is 0.467. The third-order valence-corrected chi connectivity index (χ3v) is 3.67. The minimum absolute atomic E-state index is 0.201. The Kier molecular flexibility index (Phi) is 5.03. The van der Waals surface area contributed by atoms with Gasteiger partial charge in [0.05, 0.1) is 7.11 Å². The molecule has 1 saturated heterocycles. The monoisotopic (exact) mass is 292 g/mol. The number of benzene rings is 1. The highest BCUT2D eigenvalue weighted by atomic mass is 16.5. The molecule has 1 aliphatic rings. The van der Waals surface area contributed by atoms with E-state index in [2.05, 4.69) is 5.32 Å². The number of aryl methyl sites for hydroxylation is 1. The van der Waals surface area contributed by atoms with Crippen LogP contribution in [-0.2, 0) is 11.2 Å². The van der Waals surface area contributed by atoms with Crippen LogP contribution in [0.1, 0.15) is 18.4 Å². The molecule has 6 heteroatoms. The molecule has 1 atom stereocenters. The molecular formula is C15H20N2O4. The number of carbonyl (C=O) groups is 2. The maximum atomic E-state index is 11.3. The first-order valence-corrected chi connectivity index (χ1v) is 7.02. The number of amides is 2. The summed E-state index contributed by atoms with van der Waals surface area (Å²) in [6.45, 7) is 0.813. The summed E-state index contributed by atoms with van der Waals surface area (Å²) in [6.07, 6.45) is 1.47. The van der Waals surface area contributed by atoms with E-state index < -0.39 is 12.1 Å². The van der Waals surface area contributed by atoms with Crippen molar-refractivity contribution in [3.63, 3.8) is 0 Å². The largest absolute Gasteiger partial charge is 0.497 e. The van der Waals surface area contributed by atoms with E-state index in [-0.39, 0.29) is 5.91 Å². The highest BCUT2D eigenvalue weighted by Gasteiger charge is 2.35. The van der Waals surface area contributed by atoms with Crippen molar-refractivity contribution in [3.8, 4) is 5.75 Å². The number of hydrogen-bond donors (Lipinski definition) is 2. The van der Waals surface area contributed by atoms with E-state index in [1.807, 2.05) is 24.3 Å². The zero-order valence-electron chi connectivity index (χ0n) is 12.0. The smallest absolute Gasteiger partial charge is 0.408 e. The Morgan fingerprint density at radius 1 is 1.38 bits per heavy atom. The Labute approximate surface area is 123 Å². The van der Waals surface area contributed by atoms with Gasteiger partial charge in [-0.15, -0.1) is 0 Å². The Morgan fingerprint density at radius 2 is 2.10 bits per heavy atom. The molecule has 0 aliphatic carbocycles. The Morgan fingerprint density at radius 3 is 2.57 bits per heavy atom. The third kappa shape index (κ3) is 3.87. The Bertz CT molecular complexity index is 501. The number of nitrogens with one attached hydrogen (secondary N) is 1. The van der Waals surface area contributed by atoms with Crippen molar-refractivity contribution in [1.29, 1.82) is 0 Å². The highest BCUT2D eigenvalue weighted by Crippen LogP contribution is 2.14. The molecule has 0 unspecified atom stereocenters. The van der Waals surface area contributed by atoms with Gasteiger partial charge in [0.25, 0.3) is 0 Å². The van der Waals surface area contributed by atoms with Gasteiger partial charge in [0.15, 0.2) is 0 Å². The zero-order chi connectivity index (χ0) is 15.2. The van der Waals surface area contributed by atoms with Crippen LogP contribution in [-0.4, -0.2) is 48.2 Å². The van der Waals surface area contributed by atoms with Gasteiger partial charge in [-0.25, -0.2) is 4.79 Å². The van der Waals surface area contributed by atoms with Gasteiger partial charge >= 0.3 is 6.09 Å². The normalized spacial score (nSPS) is 16.8. The Balaban J connectivity index is 1.74. The number of unbranched alkanes of at least 4 members (excludes halogenated alkanes) is 1. The van der Waals surface area contributed by atoms with Crippen molar-refractivity contribution in [2.45, 2.75) is 25.3 Å². The lowest BCUT2D eigenvalue weighted by Gasteiger charge is -2.34. The molecule has 6 nitrogen and oxygen atoms in total. The molecule has 0 saturated carbocycles. The second-order valence-electron chi connectivity index (χ2n) is 5.04. The standard InChI is InChI=1S/C15H20N2O4/c1-21-12-7-5-11(6-8-12)4-2-3-9-17(15(19)20)13-10-16-14(13)18/h5-8,13H,2-4,9-10H2,1H3,(H,16,18)(H,19,20)/t13-/m0/s1. The van der Waals surface area contributed by atoms with Gasteiger partial charge in [-0.2, -0.15) is 0 Å². The second-order valence-corrected chi connectivity index (χ2v) is 5.04. The van der Waals surface area contributed by atoms with Gasteiger partial charge in [-0.3, -0.25) is 9.69 Å². The van der Waals surface area contributed by atoms with E-state index in [4.69, 9.17) is 9.84 Å². The number of rotatable bonds is 7. The van der Waals surface area contributed by atoms with Crippen LogP contribution in [0, 0.1) is 0 Å². The summed E-state index contributed by atoms with van der Waals surface area (Å²) in [7, 11) is 1.63. The quantitative estimate of drug-likeness (QED) is 0.589.